The fourth-order valence-corrected chi connectivity index (χ4v) is 4.39. The van der Waals surface area contributed by atoms with Crippen LogP contribution in [0.4, 0.5) is 5.69 Å². The van der Waals surface area contributed by atoms with Crippen LogP contribution in [0.3, 0.4) is 0 Å². The molecule has 1 heterocycles. The zero-order valence-electron chi connectivity index (χ0n) is 11.1. The highest BCUT2D eigenvalue weighted by Gasteiger charge is 2.34. The van der Waals surface area contributed by atoms with E-state index in [0.29, 0.717) is 10.6 Å². The number of carboxylic acid groups (broad SMARTS) is 1. The van der Waals surface area contributed by atoms with E-state index in [9.17, 15) is 9.90 Å². The second kappa shape index (κ2) is 4.92. The fourth-order valence-electron chi connectivity index (χ4n) is 3.03. The normalized spacial score (nSPS) is 18.8. The van der Waals surface area contributed by atoms with E-state index < -0.39 is 5.97 Å². The molecule has 0 aliphatic heterocycles. The third-order valence-electron chi connectivity index (χ3n) is 4.10. The average molecular weight is 267 g/mol. The Labute approximate surface area is 112 Å². The number of hydrogen-bond acceptors (Lipinski definition) is 3. The van der Waals surface area contributed by atoms with Crippen molar-refractivity contribution in [3.8, 4) is 0 Å². The number of nitrogens with two attached hydrogens (primary N) is 1. The summed E-state index contributed by atoms with van der Waals surface area (Å²) in [6.07, 6.45) is 6.89. The van der Waals surface area contributed by atoms with E-state index >= 15 is 0 Å². The van der Waals surface area contributed by atoms with Gasteiger partial charge < -0.3 is 10.8 Å². The zero-order valence-corrected chi connectivity index (χ0v) is 11.9. The van der Waals surface area contributed by atoms with Crippen molar-refractivity contribution in [2.45, 2.75) is 57.8 Å². The summed E-state index contributed by atoms with van der Waals surface area (Å²) in [5.41, 5.74) is 7.71. The largest absolute Gasteiger partial charge is 0.477 e. The number of carbonyl (C=O) groups is 1. The van der Waals surface area contributed by atoms with Crippen LogP contribution in [0.2, 0.25) is 0 Å². The molecule has 1 aromatic rings. The van der Waals surface area contributed by atoms with E-state index in [1.54, 1.807) is 0 Å². The first-order chi connectivity index (χ1) is 8.49. The minimum absolute atomic E-state index is 0.135. The lowest BCUT2D eigenvalue weighted by molar-refractivity contribution is 0.0703. The molecule has 0 amide bonds. The first-order valence-electron chi connectivity index (χ1n) is 6.64. The molecule has 1 saturated carbocycles. The minimum atomic E-state index is -0.891. The van der Waals surface area contributed by atoms with Crippen molar-refractivity contribution < 1.29 is 9.90 Å². The average Bonchev–Trinajstić information content (AvgIpc) is 2.68. The second-order valence-electron chi connectivity index (χ2n) is 5.43. The van der Waals surface area contributed by atoms with Crippen molar-refractivity contribution in [1.29, 1.82) is 0 Å². The number of carboxylic acids is 1. The van der Waals surface area contributed by atoms with Crippen molar-refractivity contribution in [1.82, 2.24) is 0 Å². The van der Waals surface area contributed by atoms with E-state index in [2.05, 4.69) is 13.8 Å². The van der Waals surface area contributed by atoms with Gasteiger partial charge >= 0.3 is 5.97 Å². The van der Waals surface area contributed by atoms with Gasteiger partial charge in [0.2, 0.25) is 0 Å². The van der Waals surface area contributed by atoms with Gasteiger partial charge in [0.05, 0.1) is 5.69 Å². The SMILES string of the molecule is CCc1c(C2(C)CCCCC2)sc(C(=O)O)c1N. The molecule has 100 valence electrons. The van der Waals surface area contributed by atoms with Gasteiger partial charge in [-0.1, -0.05) is 33.1 Å². The van der Waals surface area contributed by atoms with Crippen LogP contribution in [0.1, 0.15) is 66.1 Å². The van der Waals surface area contributed by atoms with Gasteiger partial charge in [-0.2, -0.15) is 0 Å². The number of aromatic carboxylic acids is 1. The molecule has 0 bridgehead atoms. The smallest absolute Gasteiger partial charge is 0.348 e. The summed E-state index contributed by atoms with van der Waals surface area (Å²) in [4.78, 5) is 12.8. The summed E-state index contributed by atoms with van der Waals surface area (Å²) in [6.45, 7) is 4.32. The summed E-state index contributed by atoms with van der Waals surface area (Å²) >= 11 is 1.40. The van der Waals surface area contributed by atoms with Gasteiger partial charge in [0.15, 0.2) is 0 Å². The molecule has 1 aromatic heterocycles. The van der Waals surface area contributed by atoms with Crippen LogP contribution < -0.4 is 5.73 Å². The molecule has 18 heavy (non-hydrogen) atoms. The molecule has 2 rings (SSSR count). The highest BCUT2D eigenvalue weighted by Crippen LogP contribution is 2.46. The number of rotatable bonds is 3. The molecule has 4 heteroatoms. The quantitative estimate of drug-likeness (QED) is 0.875. The van der Waals surface area contributed by atoms with Crippen molar-refractivity contribution in [3.05, 3.63) is 15.3 Å². The van der Waals surface area contributed by atoms with E-state index in [1.165, 1.54) is 35.5 Å². The maximum absolute atomic E-state index is 11.2. The Morgan fingerprint density at radius 3 is 2.50 bits per heavy atom. The van der Waals surface area contributed by atoms with E-state index in [0.717, 1.165) is 24.8 Å². The molecular weight excluding hydrogens is 246 g/mol. The third-order valence-corrected chi connectivity index (χ3v) is 5.64. The summed E-state index contributed by atoms with van der Waals surface area (Å²) in [7, 11) is 0. The van der Waals surface area contributed by atoms with Crippen LogP contribution in [-0.4, -0.2) is 11.1 Å². The van der Waals surface area contributed by atoms with Crippen LogP contribution >= 0.6 is 11.3 Å². The lowest BCUT2D eigenvalue weighted by Crippen LogP contribution is -2.25. The van der Waals surface area contributed by atoms with Crippen molar-refractivity contribution >= 4 is 23.0 Å². The second-order valence-corrected chi connectivity index (χ2v) is 6.45. The third kappa shape index (κ3) is 2.14. The number of thiophene rings is 1. The molecular formula is C14H21NO2S. The number of anilines is 1. The first-order valence-corrected chi connectivity index (χ1v) is 7.46. The molecule has 0 spiro atoms. The van der Waals surface area contributed by atoms with Crippen LogP contribution in [-0.2, 0) is 11.8 Å². The minimum Gasteiger partial charge on any atom is -0.477 e. The van der Waals surface area contributed by atoms with Crippen molar-refractivity contribution in [2.75, 3.05) is 5.73 Å². The fraction of sp³-hybridized carbons (Fsp3) is 0.643. The van der Waals surface area contributed by atoms with Crippen molar-refractivity contribution in [2.24, 2.45) is 0 Å². The Bertz CT molecular complexity index is 459. The molecule has 1 aliphatic carbocycles. The molecule has 3 N–H and O–H groups in total. The number of hydrogen-bond donors (Lipinski definition) is 2. The molecule has 0 radical (unpaired) electrons. The Hall–Kier alpha value is -1.03. The standard InChI is InChI=1S/C14H21NO2S/c1-3-9-10(15)11(13(16)17)18-12(9)14(2)7-5-4-6-8-14/h3-8,15H2,1-2H3,(H,16,17). The Morgan fingerprint density at radius 1 is 1.39 bits per heavy atom. The lowest BCUT2D eigenvalue weighted by atomic mass is 9.73. The van der Waals surface area contributed by atoms with E-state index in [4.69, 9.17) is 5.73 Å². The van der Waals surface area contributed by atoms with Gasteiger partial charge in [0.25, 0.3) is 0 Å². The van der Waals surface area contributed by atoms with Crippen molar-refractivity contribution in [3.63, 3.8) is 0 Å². The van der Waals surface area contributed by atoms with Crippen LogP contribution in [0.15, 0.2) is 0 Å². The molecule has 0 aromatic carbocycles. The Kier molecular flexibility index (Phi) is 3.66. The highest BCUT2D eigenvalue weighted by atomic mass is 32.1. The summed E-state index contributed by atoms with van der Waals surface area (Å²) in [5.74, 6) is -0.891. The molecule has 1 aliphatic rings. The first kappa shape index (κ1) is 13.4. The van der Waals surface area contributed by atoms with Gasteiger partial charge in [-0.25, -0.2) is 4.79 Å². The molecule has 3 nitrogen and oxygen atoms in total. The van der Waals surface area contributed by atoms with Gasteiger partial charge in [-0.15, -0.1) is 11.3 Å². The van der Waals surface area contributed by atoms with Gasteiger partial charge in [0.1, 0.15) is 4.88 Å². The predicted octanol–water partition coefficient (Wildman–Crippen LogP) is 3.81. The Balaban J connectivity index is 2.49. The maximum atomic E-state index is 11.2. The van der Waals surface area contributed by atoms with Crippen LogP contribution in [0.5, 0.6) is 0 Å². The molecule has 0 unspecified atom stereocenters. The topological polar surface area (TPSA) is 63.3 Å². The summed E-state index contributed by atoms with van der Waals surface area (Å²) in [6, 6.07) is 0. The van der Waals surface area contributed by atoms with E-state index in [1.807, 2.05) is 0 Å². The molecule has 0 saturated heterocycles. The van der Waals surface area contributed by atoms with E-state index in [-0.39, 0.29) is 5.41 Å². The monoisotopic (exact) mass is 267 g/mol. The Morgan fingerprint density at radius 2 is 2.00 bits per heavy atom. The molecule has 1 fully saturated rings. The van der Waals surface area contributed by atoms with Crippen LogP contribution in [0, 0.1) is 0 Å². The van der Waals surface area contributed by atoms with Gasteiger partial charge in [-0.05, 0) is 24.8 Å². The van der Waals surface area contributed by atoms with Gasteiger partial charge in [0, 0.05) is 10.3 Å². The van der Waals surface area contributed by atoms with Crippen LogP contribution in [0.25, 0.3) is 0 Å². The zero-order chi connectivity index (χ0) is 13.3. The highest BCUT2D eigenvalue weighted by molar-refractivity contribution is 7.15. The maximum Gasteiger partial charge on any atom is 0.348 e. The number of nitrogen functional groups attached to an aromatic ring is 1. The lowest BCUT2D eigenvalue weighted by Gasteiger charge is -2.33. The summed E-state index contributed by atoms with van der Waals surface area (Å²) < 4.78 is 0. The molecule has 0 atom stereocenters. The summed E-state index contributed by atoms with van der Waals surface area (Å²) in [5, 5.41) is 9.21. The van der Waals surface area contributed by atoms with Gasteiger partial charge in [-0.3, -0.25) is 0 Å². The predicted molar refractivity (Wildman–Crippen MR) is 75.5 cm³/mol.